The zero-order valence-corrected chi connectivity index (χ0v) is 37.1. The lowest BCUT2D eigenvalue weighted by molar-refractivity contribution is 0.536. The molecule has 0 amide bonds. The van der Waals surface area contributed by atoms with Crippen LogP contribution in [0.5, 0.6) is 0 Å². The first-order valence-electron chi connectivity index (χ1n) is 24.6. The molecule has 0 aliphatic carbocycles. The Morgan fingerprint density at radius 1 is 0.259 bits per heavy atom. The second-order valence-electron chi connectivity index (χ2n) is 17.7. The van der Waals surface area contributed by atoms with E-state index in [1.54, 1.807) is 0 Å². The summed E-state index contributed by atoms with van der Waals surface area (Å²) in [5, 5.41) is 10.3. The maximum Gasteiger partial charge on any atom is 0.0251 e. The lowest BCUT2D eigenvalue weighted by atomic mass is 9.96. The van der Waals surface area contributed by atoms with Crippen LogP contribution in [0.15, 0.2) is 72.8 Å². The van der Waals surface area contributed by atoms with Gasteiger partial charge in [-0.25, -0.2) is 0 Å². The van der Waals surface area contributed by atoms with Gasteiger partial charge in [0.25, 0.3) is 0 Å². The molecule has 5 rings (SSSR count). The van der Waals surface area contributed by atoms with Gasteiger partial charge in [0.05, 0.1) is 0 Å². The predicted molar refractivity (Wildman–Crippen MR) is 260 cm³/mol. The van der Waals surface area contributed by atoms with Gasteiger partial charge in [-0.3, -0.25) is 0 Å². The Morgan fingerprint density at radius 3 is 0.793 bits per heavy atom. The van der Waals surface area contributed by atoms with Crippen molar-refractivity contribution in [2.24, 2.45) is 0 Å². The van der Waals surface area contributed by atoms with Gasteiger partial charge in [0.15, 0.2) is 0 Å². The van der Waals surface area contributed by atoms with E-state index in [2.05, 4.69) is 110 Å². The normalized spacial score (nSPS) is 11.3. The molecular formula is C58H78. The van der Waals surface area contributed by atoms with E-state index in [9.17, 15) is 0 Å². The highest BCUT2D eigenvalue weighted by Crippen LogP contribution is 2.31. The van der Waals surface area contributed by atoms with Crippen molar-refractivity contribution in [3.05, 3.63) is 83.9 Å². The Hall–Kier alpha value is -3.74. The Labute approximate surface area is 355 Å². The number of benzene rings is 5. The first kappa shape index (κ1) is 45.3. The molecule has 0 spiro atoms. The van der Waals surface area contributed by atoms with Gasteiger partial charge in [-0.15, -0.1) is 0 Å². The number of rotatable bonds is 28. The number of hydrogen-bond acceptors (Lipinski definition) is 0. The van der Waals surface area contributed by atoms with Crippen molar-refractivity contribution in [2.45, 2.75) is 206 Å². The van der Waals surface area contributed by atoms with E-state index < -0.39 is 0 Å². The van der Waals surface area contributed by atoms with Crippen LogP contribution in [0.3, 0.4) is 0 Å². The molecule has 0 saturated heterocycles. The van der Waals surface area contributed by atoms with Crippen molar-refractivity contribution in [2.75, 3.05) is 0 Å². The average Bonchev–Trinajstić information content (AvgIpc) is 3.24. The van der Waals surface area contributed by atoms with Crippen molar-refractivity contribution in [3.63, 3.8) is 0 Å². The van der Waals surface area contributed by atoms with E-state index in [0.29, 0.717) is 0 Å². The molecule has 58 heavy (non-hydrogen) atoms. The van der Waals surface area contributed by atoms with Crippen LogP contribution in [0.4, 0.5) is 0 Å². The van der Waals surface area contributed by atoms with E-state index in [1.165, 1.54) is 223 Å². The van der Waals surface area contributed by atoms with Crippen LogP contribution in [0.25, 0.3) is 43.1 Å². The third kappa shape index (κ3) is 16.9. The molecule has 0 unspecified atom stereocenters. The highest BCUT2D eigenvalue weighted by atomic mass is 14.1. The molecular weight excluding hydrogens is 697 g/mol. The standard InChI is InChI=1S/C58H78/c1-3-5-7-9-11-13-15-17-19-21-23-25-27-29-31-33-35-49-37-39-51-43-55-48-58-46-54-42-50(38-40-52(54)44-56(58)47-57(55)45-53(51)41-49)36-34-32-30-28-26-24-22-20-18-16-14-12-10-8-6-4-2/h37-48H,3-32H2,1-2H3. The molecule has 0 N–H and O–H groups in total. The average molecular weight is 775 g/mol. The second kappa shape index (κ2) is 27.9. The summed E-state index contributed by atoms with van der Waals surface area (Å²) < 4.78 is 0. The summed E-state index contributed by atoms with van der Waals surface area (Å²) in [5.41, 5.74) is 2.25. The molecule has 5 aromatic carbocycles. The maximum atomic E-state index is 3.47. The fraction of sp³-hybridized carbons (Fsp3) is 0.552. The number of fused-ring (bicyclic) bond motifs is 4. The Balaban J connectivity index is 1.01. The van der Waals surface area contributed by atoms with Crippen LogP contribution in [0, 0.1) is 23.7 Å². The summed E-state index contributed by atoms with van der Waals surface area (Å²) in [6.07, 6.45) is 41.1. The number of hydrogen-bond donors (Lipinski definition) is 0. The van der Waals surface area contributed by atoms with Gasteiger partial charge in [0.1, 0.15) is 0 Å². The van der Waals surface area contributed by atoms with E-state index >= 15 is 0 Å². The Bertz CT molecular complexity index is 1890. The fourth-order valence-corrected chi connectivity index (χ4v) is 8.80. The minimum absolute atomic E-state index is 1.00. The maximum absolute atomic E-state index is 3.47. The molecule has 0 fully saturated rings. The van der Waals surface area contributed by atoms with E-state index in [-0.39, 0.29) is 0 Å². The molecule has 0 bridgehead atoms. The summed E-state index contributed by atoms with van der Waals surface area (Å²) in [6, 6.07) is 27.6. The Kier molecular flexibility index (Phi) is 21.8. The van der Waals surface area contributed by atoms with Gasteiger partial charge in [0, 0.05) is 24.0 Å². The van der Waals surface area contributed by atoms with Crippen molar-refractivity contribution in [1.82, 2.24) is 0 Å². The smallest absolute Gasteiger partial charge is 0.0251 e. The molecule has 0 atom stereocenters. The van der Waals surface area contributed by atoms with E-state index in [0.717, 1.165) is 24.0 Å². The van der Waals surface area contributed by atoms with Gasteiger partial charge < -0.3 is 0 Å². The summed E-state index contributed by atoms with van der Waals surface area (Å²) in [6.45, 7) is 4.60. The summed E-state index contributed by atoms with van der Waals surface area (Å²) in [4.78, 5) is 0. The highest BCUT2D eigenvalue weighted by Gasteiger charge is 2.05. The first-order chi connectivity index (χ1) is 28.7. The quantitative estimate of drug-likeness (QED) is 0.0270. The third-order valence-corrected chi connectivity index (χ3v) is 12.5. The second-order valence-corrected chi connectivity index (χ2v) is 17.7. The topological polar surface area (TPSA) is 0 Å². The zero-order chi connectivity index (χ0) is 40.3. The van der Waals surface area contributed by atoms with E-state index in [1.807, 2.05) is 0 Å². The number of unbranched alkanes of at least 4 members (excludes halogenated alkanes) is 28. The van der Waals surface area contributed by atoms with Crippen molar-refractivity contribution in [3.8, 4) is 23.7 Å². The lowest BCUT2D eigenvalue weighted by Gasteiger charge is -2.08. The SMILES string of the molecule is CCCCCCCCCCCCCCCCC#Cc1ccc2cc3cc4cc5cc(C#CCCCCCCCCCCCCCCCC)ccc5cc4cc3cc2c1. The molecule has 0 nitrogen and oxygen atoms in total. The summed E-state index contributed by atoms with van der Waals surface area (Å²) in [7, 11) is 0. The largest absolute Gasteiger partial charge is 0.0979 e. The first-order valence-corrected chi connectivity index (χ1v) is 24.6. The van der Waals surface area contributed by atoms with Crippen molar-refractivity contribution < 1.29 is 0 Å². The van der Waals surface area contributed by atoms with Gasteiger partial charge in [-0.1, -0.05) is 217 Å². The molecule has 0 aliphatic heterocycles. The van der Waals surface area contributed by atoms with Crippen LogP contribution >= 0.6 is 0 Å². The molecule has 310 valence electrons. The van der Waals surface area contributed by atoms with E-state index in [4.69, 9.17) is 0 Å². The monoisotopic (exact) mass is 775 g/mol. The predicted octanol–water partition coefficient (Wildman–Crippen LogP) is 18.7. The molecule has 0 saturated carbocycles. The fourth-order valence-electron chi connectivity index (χ4n) is 8.80. The van der Waals surface area contributed by atoms with Crippen LogP contribution in [-0.4, -0.2) is 0 Å². The molecule has 0 aromatic heterocycles. The molecule has 0 heteroatoms. The minimum Gasteiger partial charge on any atom is -0.0979 e. The van der Waals surface area contributed by atoms with Crippen molar-refractivity contribution in [1.29, 1.82) is 0 Å². The molecule has 0 heterocycles. The van der Waals surface area contributed by atoms with Gasteiger partial charge in [-0.05, 0) is 117 Å². The molecule has 0 radical (unpaired) electrons. The zero-order valence-electron chi connectivity index (χ0n) is 37.1. The minimum atomic E-state index is 1.00. The van der Waals surface area contributed by atoms with Crippen LogP contribution in [0.2, 0.25) is 0 Å². The molecule has 0 aliphatic rings. The van der Waals surface area contributed by atoms with Gasteiger partial charge >= 0.3 is 0 Å². The molecule has 5 aromatic rings. The van der Waals surface area contributed by atoms with Crippen LogP contribution in [0.1, 0.15) is 218 Å². The third-order valence-electron chi connectivity index (χ3n) is 12.5. The summed E-state index contributed by atoms with van der Waals surface area (Å²) >= 11 is 0. The van der Waals surface area contributed by atoms with Gasteiger partial charge in [0.2, 0.25) is 0 Å². The van der Waals surface area contributed by atoms with Crippen molar-refractivity contribution >= 4 is 43.1 Å². The van der Waals surface area contributed by atoms with Gasteiger partial charge in [-0.2, -0.15) is 0 Å². The van der Waals surface area contributed by atoms with Crippen LogP contribution in [-0.2, 0) is 0 Å². The lowest BCUT2D eigenvalue weighted by Crippen LogP contribution is -1.83. The Morgan fingerprint density at radius 2 is 0.500 bits per heavy atom. The van der Waals surface area contributed by atoms with Crippen LogP contribution < -0.4 is 0 Å². The summed E-state index contributed by atoms with van der Waals surface area (Å²) in [5.74, 6) is 13.9. The highest BCUT2D eigenvalue weighted by molar-refractivity contribution is 6.08.